The standard InChI is InChI=1S/C19H21N5O2S/c1-13-2-5-17(20-11-13)19(26)6-8-24(9-7-19)18(25)21-12-14-3-4-15-16(10-14)23-27-22-15/h2-5,10-11,26H,6-9,12H2,1H3,(H,21,25). The second-order valence-corrected chi connectivity index (χ2v) is 7.51. The van der Waals surface area contributed by atoms with Gasteiger partial charge in [0.05, 0.1) is 17.4 Å². The maximum absolute atomic E-state index is 12.5. The van der Waals surface area contributed by atoms with Gasteiger partial charge >= 0.3 is 6.03 Å². The Kier molecular flexibility index (Phi) is 4.75. The molecule has 4 rings (SSSR count). The molecule has 2 amide bonds. The Morgan fingerprint density at radius 3 is 2.74 bits per heavy atom. The fourth-order valence-corrected chi connectivity index (χ4v) is 3.82. The van der Waals surface area contributed by atoms with Gasteiger partial charge in [0, 0.05) is 25.8 Å². The summed E-state index contributed by atoms with van der Waals surface area (Å²) in [5.74, 6) is 0. The van der Waals surface area contributed by atoms with E-state index in [2.05, 4.69) is 19.0 Å². The van der Waals surface area contributed by atoms with Crippen LogP contribution >= 0.6 is 11.7 Å². The van der Waals surface area contributed by atoms with Crippen LogP contribution < -0.4 is 5.32 Å². The van der Waals surface area contributed by atoms with Gasteiger partial charge < -0.3 is 15.3 Å². The minimum Gasteiger partial charge on any atom is -0.383 e. The van der Waals surface area contributed by atoms with Gasteiger partial charge in [-0.2, -0.15) is 8.75 Å². The van der Waals surface area contributed by atoms with Gasteiger partial charge in [0.2, 0.25) is 0 Å². The van der Waals surface area contributed by atoms with Gasteiger partial charge in [0.15, 0.2) is 0 Å². The van der Waals surface area contributed by atoms with Crippen LogP contribution in [0.15, 0.2) is 36.5 Å². The second kappa shape index (κ2) is 7.21. The summed E-state index contributed by atoms with van der Waals surface area (Å²) in [5.41, 5.74) is 3.48. The zero-order chi connectivity index (χ0) is 18.9. The van der Waals surface area contributed by atoms with Crippen LogP contribution in [0.3, 0.4) is 0 Å². The molecule has 27 heavy (non-hydrogen) atoms. The summed E-state index contributed by atoms with van der Waals surface area (Å²) in [4.78, 5) is 18.6. The number of urea groups is 1. The number of carbonyl (C=O) groups is 1. The zero-order valence-electron chi connectivity index (χ0n) is 15.1. The van der Waals surface area contributed by atoms with Crippen LogP contribution in [-0.4, -0.2) is 42.9 Å². The highest BCUT2D eigenvalue weighted by Gasteiger charge is 2.36. The number of hydrogen-bond acceptors (Lipinski definition) is 6. The van der Waals surface area contributed by atoms with Gasteiger partial charge in [-0.3, -0.25) is 4.98 Å². The number of nitrogens with zero attached hydrogens (tertiary/aromatic N) is 4. The lowest BCUT2D eigenvalue weighted by Crippen LogP contribution is -2.48. The molecule has 0 aliphatic carbocycles. The molecule has 1 aromatic carbocycles. The molecule has 2 N–H and O–H groups in total. The van der Waals surface area contributed by atoms with Gasteiger partial charge in [-0.15, -0.1) is 0 Å². The van der Waals surface area contributed by atoms with Gasteiger partial charge in [-0.25, -0.2) is 4.79 Å². The summed E-state index contributed by atoms with van der Waals surface area (Å²) < 4.78 is 8.40. The Labute approximate surface area is 161 Å². The van der Waals surface area contributed by atoms with Crippen LogP contribution in [0.25, 0.3) is 11.0 Å². The highest BCUT2D eigenvalue weighted by atomic mass is 32.1. The van der Waals surface area contributed by atoms with Crippen molar-refractivity contribution in [1.82, 2.24) is 23.9 Å². The first kappa shape index (κ1) is 17.8. The molecule has 3 aromatic rings. The van der Waals surface area contributed by atoms with Gasteiger partial charge in [0.25, 0.3) is 0 Å². The van der Waals surface area contributed by atoms with E-state index in [1.807, 2.05) is 37.3 Å². The molecule has 1 aliphatic rings. The summed E-state index contributed by atoms with van der Waals surface area (Å²) in [7, 11) is 0. The smallest absolute Gasteiger partial charge is 0.317 e. The molecule has 0 unspecified atom stereocenters. The van der Waals surface area contributed by atoms with E-state index in [1.54, 1.807) is 11.1 Å². The lowest BCUT2D eigenvalue weighted by molar-refractivity contribution is -0.0204. The van der Waals surface area contributed by atoms with Crippen LogP contribution in [0.1, 0.15) is 29.7 Å². The normalized spacial score (nSPS) is 16.4. The molecule has 1 aliphatic heterocycles. The maximum Gasteiger partial charge on any atom is 0.317 e. The average Bonchev–Trinajstić information content (AvgIpc) is 3.15. The maximum atomic E-state index is 12.5. The number of likely N-dealkylation sites (tertiary alicyclic amines) is 1. The molecule has 7 nitrogen and oxygen atoms in total. The molecular weight excluding hydrogens is 362 g/mol. The number of rotatable bonds is 3. The van der Waals surface area contributed by atoms with E-state index >= 15 is 0 Å². The van der Waals surface area contributed by atoms with E-state index in [0.717, 1.165) is 22.2 Å². The van der Waals surface area contributed by atoms with Crippen molar-refractivity contribution in [3.8, 4) is 0 Å². The van der Waals surface area contributed by atoms with Crippen LogP contribution in [-0.2, 0) is 12.1 Å². The first-order valence-electron chi connectivity index (χ1n) is 8.93. The Morgan fingerprint density at radius 1 is 1.22 bits per heavy atom. The largest absolute Gasteiger partial charge is 0.383 e. The Balaban J connectivity index is 1.33. The highest BCUT2D eigenvalue weighted by Crippen LogP contribution is 2.31. The number of aryl methyl sites for hydroxylation is 1. The third-order valence-corrected chi connectivity index (χ3v) is 5.58. The van der Waals surface area contributed by atoms with Gasteiger partial charge in [-0.05, 0) is 49.1 Å². The molecule has 1 saturated heterocycles. The summed E-state index contributed by atoms with van der Waals surface area (Å²) in [6.07, 6.45) is 2.72. The number of carbonyl (C=O) groups excluding carboxylic acids is 1. The van der Waals surface area contributed by atoms with Crippen molar-refractivity contribution in [3.63, 3.8) is 0 Å². The average molecular weight is 383 g/mol. The molecule has 1 fully saturated rings. The molecule has 3 heterocycles. The highest BCUT2D eigenvalue weighted by molar-refractivity contribution is 7.00. The third-order valence-electron chi connectivity index (χ3n) is 5.03. The SMILES string of the molecule is Cc1ccc(C2(O)CCN(C(=O)NCc3ccc4nsnc4c3)CC2)nc1. The minimum atomic E-state index is -0.965. The number of fused-ring (bicyclic) bond motifs is 1. The molecule has 0 radical (unpaired) electrons. The monoisotopic (exact) mass is 383 g/mol. The van der Waals surface area contributed by atoms with Crippen LogP contribution in [0.5, 0.6) is 0 Å². The number of hydrogen-bond donors (Lipinski definition) is 2. The van der Waals surface area contributed by atoms with E-state index in [1.165, 1.54) is 11.7 Å². The minimum absolute atomic E-state index is 0.120. The Morgan fingerprint density at radius 2 is 2.00 bits per heavy atom. The zero-order valence-corrected chi connectivity index (χ0v) is 15.9. The number of aliphatic hydroxyl groups is 1. The quantitative estimate of drug-likeness (QED) is 0.725. The van der Waals surface area contributed by atoms with Crippen molar-refractivity contribution >= 4 is 28.8 Å². The van der Waals surface area contributed by atoms with Crippen molar-refractivity contribution in [2.24, 2.45) is 0 Å². The molecule has 140 valence electrons. The molecular formula is C19H21N5O2S. The summed E-state index contributed by atoms with van der Waals surface area (Å²) >= 11 is 1.18. The van der Waals surface area contributed by atoms with Crippen LogP contribution in [0, 0.1) is 6.92 Å². The van der Waals surface area contributed by atoms with E-state index in [4.69, 9.17) is 0 Å². The number of aromatic nitrogens is 3. The van der Waals surface area contributed by atoms with E-state index in [0.29, 0.717) is 38.2 Å². The van der Waals surface area contributed by atoms with Crippen LogP contribution in [0.4, 0.5) is 4.79 Å². The number of benzene rings is 1. The summed E-state index contributed by atoms with van der Waals surface area (Å²) in [6, 6.07) is 9.50. The third kappa shape index (κ3) is 3.77. The fourth-order valence-electron chi connectivity index (χ4n) is 3.31. The van der Waals surface area contributed by atoms with Crippen molar-refractivity contribution in [1.29, 1.82) is 0 Å². The van der Waals surface area contributed by atoms with Gasteiger partial charge in [0.1, 0.15) is 16.6 Å². The molecule has 2 aromatic heterocycles. The predicted octanol–water partition coefficient (Wildman–Crippen LogP) is 2.59. The van der Waals surface area contributed by atoms with Gasteiger partial charge in [-0.1, -0.05) is 12.1 Å². The summed E-state index contributed by atoms with van der Waals surface area (Å²) in [5, 5.41) is 13.8. The summed E-state index contributed by atoms with van der Waals surface area (Å²) in [6.45, 7) is 3.39. The molecule has 8 heteroatoms. The predicted molar refractivity (Wildman–Crippen MR) is 103 cm³/mol. The van der Waals surface area contributed by atoms with Crippen molar-refractivity contribution in [2.75, 3.05) is 13.1 Å². The van der Waals surface area contributed by atoms with Crippen molar-refractivity contribution < 1.29 is 9.90 Å². The second-order valence-electron chi connectivity index (χ2n) is 6.99. The number of amides is 2. The lowest BCUT2D eigenvalue weighted by atomic mass is 9.87. The Hall–Kier alpha value is -2.58. The number of nitrogens with one attached hydrogen (secondary N) is 1. The number of piperidine rings is 1. The fraction of sp³-hybridized carbons (Fsp3) is 0.368. The first-order valence-corrected chi connectivity index (χ1v) is 9.66. The topological polar surface area (TPSA) is 91.2 Å². The first-order chi connectivity index (χ1) is 13.0. The van der Waals surface area contributed by atoms with Crippen molar-refractivity contribution in [2.45, 2.75) is 31.9 Å². The Bertz CT molecular complexity index is 948. The van der Waals surface area contributed by atoms with E-state index in [-0.39, 0.29) is 6.03 Å². The van der Waals surface area contributed by atoms with E-state index in [9.17, 15) is 9.90 Å². The molecule has 0 bridgehead atoms. The van der Waals surface area contributed by atoms with E-state index < -0.39 is 5.60 Å². The molecule has 0 saturated carbocycles. The number of pyridine rings is 1. The van der Waals surface area contributed by atoms with Crippen LogP contribution in [0.2, 0.25) is 0 Å². The molecule has 0 spiro atoms. The molecule has 0 atom stereocenters. The lowest BCUT2D eigenvalue weighted by Gasteiger charge is -2.37. The van der Waals surface area contributed by atoms with Crippen molar-refractivity contribution in [3.05, 3.63) is 53.3 Å².